The van der Waals surface area contributed by atoms with Crippen molar-refractivity contribution in [1.82, 2.24) is 10.2 Å². The maximum Gasteiger partial charge on any atom is 0.243 e. The molecule has 140 valence electrons. The normalized spacial score (nSPS) is 18.0. The highest BCUT2D eigenvalue weighted by Gasteiger charge is 2.36. The molecule has 7 heteroatoms. The lowest BCUT2D eigenvalue weighted by Gasteiger charge is -2.24. The van der Waals surface area contributed by atoms with E-state index in [2.05, 4.69) is 5.32 Å². The fraction of sp³-hybridized carbons (Fsp3) is 0.300. The Morgan fingerprint density at radius 1 is 1.19 bits per heavy atom. The van der Waals surface area contributed by atoms with Crippen molar-refractivity contribution >= 4 is 11.8 Å². The molecule has 4 rings (SSSR count). The average molecular weight is 370 g/mol. The SMILES string of the molecule is O=C(NCc1ccccc1F)[C@H]1CCC(=O)N1Cc1ccc2c(c1)OCO2. The summed E-state index contributed by atoms with van der Waals surface area (Å²) in [5.74, 6) is 0.603. The van der Waals surface area contributed by atoms with Crippen LogP contribution in [0.1, 0.15) is 24.0 Å². The fourth-order valence-corrected chi connectivity index (χ4v) is 3.38. The van der Waals surface area contributed by atoms with Gasteiger partial charge in [0.05, 0.1) is 0 Å². The van der Waals surface area contributed by atoms with Gasteiger partial charge in [0.15, 0.2) is 11.5 Å². The first kappa shape index (κ1) is 17.3. The zero-order valence-electron chi connectivity index (χ0n) is 14.6. The fourth-order valence-electron chi connectivity index (χ4n) is 3.38. The second-order valence-corrected chi connectivity index (χ2v) is 6.57. The third-order valence-corrected chi connectivity index (χ3v) is 4.83. The number of carbonyl (C=O) groups is 2. The summed E-state index contributed by atoms with van der Waals surface area (Å²) < 4.78 is 24.4. The summed E-state index contributed by atoms with van der Waals surface area (Å²) in [6.45, 7) is 0.587. The van der Waals surface area contributed by atoms with Crippen LogP contribution in [0.2, 0.25) is 0 Å². The molecule has 27 heavy (non-hydrogen) atoms. The number of rotatable bonds is 5. The van der Waals surface area contributed by atoms with E-state index in [-0.39, 0.29) is 31.0 Å². The van der Waals surface area contributed by atoms with Gasteiger partial charge in [0.25, 0.3) is 0 Å². The van der Waals surface area contributed by atoms with Gasteiger partial charge >= 0.3 is 0 Å². The molecular weight excluding hydrogens is 351 g/mol. The van der Waals surface area contributed by atoms with Crippen molar-refractivity contribution in [1.29, 1.82) is 0 Å². The van der Waals surface area contributed by atoms with E-state index in [0.717, 1.165) is 5.56 Å². The van der Waals surface area contributed by atoms with E-state index in [1.165, 1.54) is 6.07 Å². The second kappa shape index (κ2) is 7.26. The highest BCUT2D eigenvalue weighted by molar-refractivity contribution is 5.90. The molecular formula is C20H19FN2O4. The van der Waals surface area contributed by atoms with E-state index >= 15 is 0 Å². The predicted molar refractivity (Wildman–Crippen MR) is 94.4 cm³/mol. The zero-order valence-corrected chi connectivity index (χ0v) is 14.6. The number of halogens is 1. The van der Waals surface area contributed by atoms with Crippen molar-refractivity contribution in [2.45, 2.75) is 32.0 Å². The minimum Gasteiger partial charge on any atom is -0.454 e. The Balaban J connectivity index is 1.43. The molecule has 2 amide bonds. The molecule has 2 aromatic carbocycles. The molecule has 1 fully saturated rings. The van der Waals surface area contributed by atoms with Gasteiger partial charge in [0.1, 0.15) is 11.9 Å². The molecule has 0 aromatic heterocycles. The van der Waals surface area contributed by atoms with Gasteiger partial charge in [-0.25, -0.2) is 4.39 Å². The van der Waals surface area contributed by atoms with Crippen LogP contribution in [0.3, 0.4) is 0 Å². The average Bonchev–Trinajstić information content (AvgIpc) is 3.28. The smallest absolute Gasteiger partial charge is 0.243 e. The van der Waals surface area contributed by atoms with Crippen LogP contribution >= 0.6 is 0 Å². The molecule has 0 aliphatic carbocycles. The van der Waals surface area contributed by atoms with Crippen molar-refractivity contribution in [2.75, 3.05) is 6.79 Å². The molecule has 0 radical (unpaired) electrons. The lowest BCUT2D eigenvalue weighted by molar-refractivity contribution is -0.135. The Morgan fingerprint density at radius 2 is 2.00 bits per heavy atom. The molecule has 2 aliphatic rings. The van der Waals surface area contributed by atoms with Crippen LogP contribution in [0.5, 0.6) is 11.5 Å². The van der Waals surface area contributed by atoms with E-state index < -0.39 is 6.04 Å². The molecule has 1 saturated heterocycles. The summed E-state index contributed by atoms with van der Waals surface area (Å²) in [5, 5.41) is 2.74. The first-order chi connectivity index (χ1) is 13.1. The zero-order chi connectivity index (χ0) is 18.8. The maximum atomic E-state index is 13.7. The third kappa shape index (κ3) is 3.58. The van der Waals surface area contributed by atoms with E-state index in [9.17, 15) is 14.0 Å². The summed E-state index contributed by atoms with van der Waals surface area (Å²) in [4.78, 5) is 26.4. The topological polar surface area (TPSA) is 67.9 Å². The monoisotopic (exact) mass is 370 g/mol. The standard InChI is InChI=1S/C20H19FN2O4/c21-15-4-2-1-3-14(15)10-22-20(25)16-6-8-19(24)23(16)11-13-5-7-17-18(9-13)27-12-26-17/h1-5,7,9,16H,6,8,10-12H2,(H,22,25)/t16-/m1/s1. The Bertz CT molecular complexity index is 886. The van der Waals surface area contributed by atoms with Crippen molar-refractivity contribution in [3.8, 4) is 11.5 Å². The molecule has 6 nitrogen and oxygen atoms in total. The Labute approximate surface area is 155 Å². The third-order valence-electron chi connectivity index (χ3n) is 4.83. The Kier molecular flexibility index (Phi) is 4.66. The number of carbonyl (C=O) groups excluding carboxylic acids is 2. The first-order valence-corrected chi connectivity index (χ1v) is 8.81. The lowest BCUT2D eigenvalue weighted by atomic mass is 10.1. The summed E-state index contributed by atoms with van der Waals surface area (Å²) in [5.41, 5.74) is 1.28. The minimum atomic E-state index is -0.560. The summed E-state index contributed by atoms with van der Waals surface area (Å²) in [7, 11) is 0. The number of benzene rings is 2. The molecule has 1 N–H and O–H groups in total. The lowest BCUT2D eigenvalue weighted by Crippen LogP contribution is -2.44. The number of hydrogen-bond acceptors (Lipinski definition) is 4. The molecule has 2 aromatic rings. The van der Waals surface area contributed by atoms with Gasteiger partial charge in [0, 0.05) is 25.1 Å². The number of amides is 2. The number of hydrogen-bond donors (Lipinski definition) is 1. The summed E-state index contributed by atoms with van der Waals surface area (Å²) in [6, 6.07) is 11.2. The van der Waals surface area contributed by atoms with Crippen molar-refractivity contribution in [3.05, 3.63) is 59.4 Å². The molecule has 0 spiro atoms. The number of nitrogens with one attached hydrogen (secondary N) is 1. The Morgan fingerprint density at radius 3 is 2.85 bits per heavy atom. The van der Waals surface area contributed by atoms with Crippen LogP contribution in [0.25, 0.3) is 0 Å². The van der Waals surface area contributed by atoms with Gasteiger partial charge in [-0.3, -0.25) is 9.59 Å². The second-order valence-electron chi connectivity index (χ2n) is 6.57. The van der Waals surface area contributed by atoms with Gasteiger partial charge in [0.2, 0.25) is 18.6 Å². The molecule has 2 aliphatic heterocycles. The molecule has 0 bridgehead atoms. The number of fused-ring (bicyclic) bond motifs is 1. The predicted octanol–water partition coefficient (Wildman–Crippen LogP) is 2.36. The van der Waals surface area contributed by atoms with Gasteiger partial charge in [-0.15, -0.1) is 0 Å². The summed E-state index contributed by atoms with van der Waals surface area (Å²) >= 11 is 0. The van der Waals surface area contributed by atoms with Crippen molar-refractivity contribution < 1.29 is 23.5 Å². The van der Waals surface area contributed by atoms with Crippen LogP contribution < -0.4 is 14.8 Å². The molecule has 0 saturated carbocycles. The van der Waals surface area contributed by atoms with E-state index in [4.69, 9.17) is 9.47 Å². The van der Waals surface area contributed by atoms with Crippen molar-refractivity contribution in [3.63, 3.8) is 0 Å². The number of ether oxygens (including phenoxy) is 2. The number of nitrogens with zero attached hydrogens (tertiary/aromatic N) is 1. The van der Waals surface area contributed by atoms with Gasteiger partial charge in [-0.05, 0) is 30.2 Å². The molecule has 0 unspecified atom stereocenters. The first-order valence-electron chi connectivity index (χ1n) is 8.81. The van der Waals surface area contributed by atoms with Gasteiger partial charge < -0.3 is 19.7 Å². The van der Waals surface area contributed by atoms with Crippen LogP contribution in [-0.4, -0.2) is 29.5 Å². The van der Waals surface area contributed by atoms with Crippen LogP contribution in [-0.2, 0) is 22.7 Å². The number of likely N-dealkylation sites (tertiary alicyclic amines) is 1. The maximum absolute atomic E-state index is 13.7. The van der Waals surface area contributed by atoms with Crippen LogP contribution in [0.15, 0.2) is 42.5 Å². The van der Waals surface area contributed by atoms with E-state index in [1.54, 1.807) is 29.2 Å². The van der Waals surface area contributed by atoms with Gasteiger partial charge in [-0.1, -0.05) is 24.3 Å². The highest BCUT2D eigenvalue weighted by Crippen LogP contribution is 2.33. The van der Waals surface area contributed by atoms with Gasteiger partial charge in [-0.2, -0.15) is 0 Å². The van der Waals surface area contributed by atoms with Crippen molar-refractivity contribution in [2.24, 2.45) is 0 Å². The van der Waals surface area contributed by atoms with E-state index in [0.29, 0.717) is 36.4 Å². The quantitative estimate of drug-likeness (QED) is 0.877. The Hall–Kier alpha value is -3.09. The summed E-state index contributed by atoms with van der Waals surface area (Å²) in [6.07, 6.45) is 0.773. The van der Waals surface area contributed by atoms with Crippen LogP contribution in [0.4, 0.5) is 4.39 Å². The largest absolute Gasteiger partial charge is 0.454 e. The van der Waals surface area contributed by atoms with Crippen LogP contribution in [0, 0.1) is 5.82 Å². The molecule has 2 heterocycles. The van der Waals surface area contributed by atoms with E-state index in [1.807, 2.05) is 12.1 Å². The highest BCUT2D eigenvalue weighted by atomic mass is 19.1. The minimum absolute atomic E-state index is 0.0706. The molecule has 1 atom stereocenters.